The van der Waals surface area contributed by atoms with Crippen LogP contribution in [-0.2, 0) is 13.2 Å². The van der Waals surface area contributed by atoms with Crippen molar-refractivity contribution < 1.29 is 14.6 Å². The van der Waals surface area contributed by atoms with Crippen LogP contribution < -0.4 is 14.8 Å². The third kappa shape index (κ3) is 5.63. The molecule has 0 amide bonds. The summed E-state index contributed by atoms with van der Waals surface area (Å²) < 4.78 is 11.7. The van der Waals surface area contributed by atoms with E-state index in [-0.39, 0.29) is 12.6 Å². The molecule has 1 atom stereocenters. The second kappa shape index (κ2) is 10.4. The van der Waals surface area contributed by atoms with Gasteiger partial charge in [0.25, 0.3) is 0 Å². The second-order valence-corrected chi connectivity index (χ2v) is 6.63. The fraction of sp³-hybridized carbons (Fsp3) is 0.429. The fourth-order valence-electron chi connectivity index (χ4n) is 2.65. The molecule has 0 unspecified atom stereocenters. The van der Waals surface area contributed by atoms with Gasteiger partial charge in [0.1, 0.15) is 6.61 Å². The number of hydrogen-bond acceptors (Lipinski definition) is 4. The van der Waals surface area contributed by atoms with E-state index in [1.807, 2.05) is 44.2 Å². The summed E-state index contributed by atoms with van der Waals surface area (Å²) in [5.74, 6) is 1.21. The number of halogens is 1. The number of aliphatic hydroxyl groups excluding tert-OH is 1. The van der Waals surface area contributed by atoms with E-state index in [1.54, 1.807) is 0 Å². The predicted octanol–water partition coefficient (Wildman–Crippen LogP) is 4.49. The summed E-state index contributed by atoms with van der Waals surface area (Å²) >= 11 is 6.48. The first-order chi connectivity index (χ1) is 12.6. The van der Waals surface area contributed by atoms with Crippen molar-refractivity contribution in [2.45, 2.75) is 46.4 Å². The van der Waals surface area contributed by atoms with Crippen LogP contribution in [0.4, 0.5) is 0 Å². The van der Waals surface area contributed by atoms with E-state index in [1.165, 1.54) is 5.56 Å². The Morgan fingerprint density at radius 3 is 2.58 bits per heavy atom. The van der Waals surface area contributed by atoms with E-state index in [0.717, 1.165) is 17.5 Å². The number of aliphatic hydroxyl groups is 1. The maximum Gasteiger partial charge on any atom is 0.180 e. The lowest BCUT2D eigenvalue weighted by Gasteiger charge is -2.18. The summed E-state index contributed by atoms with van der Waals surface area (Å²) in [7, 11) is 0. The average molecular weight is 378 g/mol. The van der Waals surface area contributed by atoms with Gasteiger partial charge < -0.3 is 19.9 Å². The van der Waals surface area contributed by atoms with Crippen molar-refractivity contribution in [2.75, 3.05) is 13.2 Å². The second-order valence-electron chi connectivity index (χ2n) is 6.22. The van der Waals surface area contributed by atoms with E-state index in [4.69, 9.17) is 21.1 Å². The van der Waals surface area contributed by atoms with Gasteiger partial charge in [-0.3, -0.25) is 0 Å². The van der Waals surface area contributed by atoms with E-state index in [2.05, 4.69) is 18.3 Å². The highest BCUT2D eigenvalue weighted by Crippen LogP contribution is 2.37. The molecule has 0 spiro atoms. The lowest BCUT2D eigenvalue weighted by atomic mass is 10.1. The zero-order valence-corrected chi connectivity index (χ0v) is 16.5. The molecule has 4 nitrogen and oxygen atoms in total. The van der Waals surface area contributed by atoms with Gasteiger partial charge in [0, 0.05) is 12.6 Å². The molecule has 0 aromatic heterocycles. The highest BCUT2D eigenvalue weighted by molar-refractivity contribution is 6.32. The van der Waals surface area contributed by atoms with Crippen LogP contribution in [0.15, 0.2) is 36.4 Å². The molecule has 0 aliphatic heterocycles. The Hall–Kier alpha value is -1.75. The summed E-state index contributed by atoms with van der Waals surface area (Å²) in [5.41, 5.74) is 3.29. The summed E-state index contributed by atoms with van der Waals surface area (Å²) in [6.45, 7) is 7.72. The zero-order valence-electron chi connectivity index (χ0n) is 15.7. The molecule has 0 bridgehead atoms. The number of hydrogen-bond donors (Lipinski definition) is 2. The molecule has 0 saturated carbocycles. The average Bonchev–Trinajstić information content (AvgIpc) is 2.63. The van der Waals surface area contributed by atoms with Gasteiger partial charge in [-0.15, -0.1) is 0 Å². The number of aryl methyl sites for hydroxylation is 1. The zero-order chi connectivity index (χ0) is 18.9. The Balaban J connectivity index is 2.16. The molecule has 0 fully saturated rings. The van der Waals surface area contributed by atoms with Gasteiger partial charge in [0.15, 0.2) is 11.5 Å². The van der Waals surface area contributed by atoms with E-state index < -0.39 is 0 Å². The molecule has 2 N–H and O–H groups in total. The summed E-state index contributed by atoms with van der Waals surface area (Å²) in [6, 6.07) is 12.0. The predicted molar refractivity (Wildman–Crippen MR) is 106 cm³/mol. The summed E-state index contributed by atoms with van der Waals surface area (Å²) in [5, 5.41) is 13.1. The summed E-state index contributed by atoms with van der Waals surface area (Å²) in [4.78, 5) is 0. The molecule has 0 heterocycles. The Kier molecular flexibility index (Phi) is 8.23. The maximum absolute atomic E-state index is 9.31. The van der Waals surface area contributed by atoms with Crippen LogP contribution in [0, 0.1) is 6.92 Å². The highest BCUT2D eigenvalue weighted by atomic mass is 35.5. The van der Waals surface area contributed by atoms with E-state index >= 15 is 0 Å². The Labute approximate surface area is 161 Å². The van der Waals surface area contributed by atoms with Gasteiger partial charge in [0.05, 0.1) is 18.2 Å². The molecule has 26 heavy (non-hydrogen) atoms. The molecule has 2 aromatic carbocycles. The third-order valence-corrected chi connectivity index (χ3v) is 4.59. The Morgan fingerprint density at radius 1 is 1.15 bits per heavy atom. The van der Waals surface area contributed by atoms with Crippen molar-refractivity contribution in [3.05, 3.63) is 58.1 Å². The van der Waals surface area contributed by atoms with Crippen molar-refractivity contribution >= 4 is 11.6 Å². The van der Waals surface area contributed by atoms with Gasteiger partial charge in [-0.05, 0) is 49.1 Å². The first kappa shape index (κ1) is 20.6. The van der Waals surface area contributed by atoms with Crippen LogP contribution in [0.3, 0.4) is 0 Å². The number of rotatable bonds is 10. The van der Waals surface area contributed by atoms with Gasteiger partial charge in [-0.2, -0.15) is 0 Å². The molecular formula is C21H28ClNO3. The monoisotopic (exact) mass is 377 g/mol. The van der Waals surface area contributed by atoms with Crippen molar-refractivity contribution in [2.24, 2.45) is 0 Å². The summed E-state index contributed by atoms with van der Waals surface area (Å²) in [6.07, 6.45) is 0.861. The molecule has 0 aliphatic rings. The normalized spacial score (nSPS) is 12.0. The minimum absolute atomic E-state index is 0.0706. The van der Waals surface area contributed by atoms with Crippen molar-refractivity contribution in [1.82, 2.24) is 5.32 Å². The topological polar surface area (TPSA) is 50.7 Å². The van der Waals surface area contributed by atoms with E-state index in [0.29, 0.717) is 36.3 Å². The van der Waals surface area contributed by atoms with Crippen LogP contribution >= 0.6 is 11.6 Å². The molecule has 142 valence electrons. The Bertz CT molecular complexity index is 702. The van der Waals surface area contributed by atoms with Crippen molar-refractivity contribution in [3.8, 4) is 11.5 Å². The van der Waals surface area contributed by atoms with Crippen LogP contribution in [0.5, 0.6) is 11.5 Å². The standard InChI is InChI=1S/C21H28ClNO3/c1-4-18(13-24)23-12-16-10-19(22)21(20(11-16)25-5-2)26-14-17-9-7-6-8-15(17)3/h6-11,18,23-24H,4-5,12-14H2,1-3H3/t18-/m0/s1. The van der Waals surface area contributed by atoms with Crippen LogP contribution in [0.25, 0.3) is 0 Å². The van der Waals surface area contributed by atoms with E-state index in [9.17, 15) is 5.11 Å². The first-order valence-electron chi connectivity index (χ1n) is 9.05. The van der Waals surface area contributed by atoms with Gasteiger partial charge in [0.2, 0.25) is 0 Å². The minimum atomic E-state index is 0.0706. The molecular weight excluding hydrogens is 350 g/mol. The fourth-order valence-corrected chi connectivity index (χ4v) is 2.94. The number of nitrogens with one attached hydrogen (secondary N) is 1. The molecule has 2 aromatic rings. The SMILES string of the molecule is CCOc1cc(CN[C@@H](CC)CO)cc(Cl)c1OCc1ccccc1C. The molecule has 2 rings (SSSR count). The molecule has 0 saturated heterocycles. The van der Waals surface area contributed by atoms with Crippen molar-refractivity contribution in [3.63, 3.8) is 0 Å². The molecule has 5 heteroatoms. The van der Waals surface area contributed by atoms with Gasteiger partial charge in [-0.25, -0.2) is 0 Å². The van der Waals surface area contributed by atoms with Crippen molar-refractivity contribution in [1.29, 1.82) is 0 Å². The lowest BCUT2D eigenvalue weighted by molar-refractivity contribution is 0.238. The largest absolute Gasteiger partial charge is 0.490 e. The molecule has 0 radical (unpaired) electrons. The quantitative estimate of drug-likeness (QED) is 0.640. The van der Waals surface area contributed by atoms with Gasteiger partial charge in [-0.1, -0.05) is 42.8 Å². The van der Waals surface area contributed by atoms with Gasteiger partial charge >= 0.3 is 0 Å². The third-order valence-electron chi connectivity index (χ3n) is 4.31. The van der Waals surface area contributed by atoms with Crippen LogP contribution in [-0.4, -0.2) is 24.4 Å². The first-order valence-corrected chi connectivity index (χ1v) is 9.43. The van der Waals surface area contributed by atoms with Crippen LogP contribution in [0.2, 0.25) is 5.02 Å². The smallest absolute Gasteiger partial charge is 0.180 e. The molecule has 0 aliphatic carbocycles. The number of benzene rings is 2. The highest BCUT2D eigenvalue weighted by Gasteiger charge is 2.14. The maximum atomic E-state index is 9.31. The number of ether oxygens (including phenoxy) is 2. The van der Waals surface area contributed by atoms with Crippen LogP contribution in [0.1, 0.15) is 37.0 Å². The minimum Gasteiger partial charge on any atom is -0.490 e. The Morgan fingerprint density at radius 2 is 1.92 bits per heavy atom. The lowest BCUT2D eigenvalue weighted by Crippen LogP contribution is -2.31.